The summed E-state index contributed by atoms with van der Waals surface area (Å²) < 4.78 is 13.8. The summed E-state index contributed by atoms with van der Waals surface area (Å²) in [6.07, 6.45) is 2.17. The number of aromatic nitrogens is 1. The van der Waals surface area contributed by atoms with Crippen molar-refractivity contribution in [2.45, 2.75) is 32.2 Å². The summed E-state index contributed by atoms with van der Waals surface area (Å²) in [6, 6.07) is 23.0. The average molecular weight is 469 g/mol. The van der Waals surface area contributed by atoms with E-state index in [1.54, 1.807) is 12.3 Å². The van der Waals surface area contributed by atoms with Gasteiger partial charge in [0, 0.05) is 17.8 Å². The van der Waals surface area contributed by atoms with Crippen molar-refractivity contribution in [1.82, 2.24) is 4.98 Å². The molecule has 6 heteroatoms. The number of nitrogens with zero attached hydrogens (tertiary/aromatic N) is 2. The molecule has 0 spiro atoms. The third kappa shape index (κ3) is 5.32. The third-order valence-corrected chi connectivity index (χ3v) is 6.30. The number of nitroso groups, excluding NO2 is 1. The van der Waals surface area contributed by atoms with E-state index in [-0.39, 0.29) is 11.5 Å². The lowest BCUT2D eigenvalue weighted by atomic mass is 9.82. The Morgan fingerprint density at radius 1 is 0.943 bits per heavy atom. The van der Waals surface area contributed by atoms with E-state index in [1.807, 2.05) is 68.4 Å². The molecule has 0 amide bonds. The van der Waals surface area contributed by atoms with Crippen molar-refractivity contribution in [3.05, 3.63) is 129 Å². The van der Waals surface area contributed by atoms with E-state index >= 15 is 0 Å². The predicted octanol–water partition coefficient (Wildman–Crippen LogP) is 7.23. The van der Waals surface area contributed by atoms with E-state index in [0.717, 1.165) is 33.5 Å². The van der Waals surface area contributed by atoms with Gasteiger partial charge in [-0.2, -0.15) is 4.91 Å². The maximum absolute atomic E-state index is 13.8. The molecule has 0 fully saturated rings. The Morgan fingerprint density at radius 2 is 1.66 bits per heavy atom. The molecule has 4 aromatic rings. The van der Waals surface area contributed by atoms with E-state index < -0.39 is 17.8 Å². The number of rotatable bonds is 8. The SMILES string of the molecule is Cc1cc(C(CC(c2ccc(-c3ccc(F)c(C(=O)O)c3)cc2)c2ccccc2C)N=O)ccn1. The van der Waals surface area contributed by atoms with E-state index in [9.17, 15) is 19.2 Å². The quantitative estimate of drug-likeness (QED) is 0.277. The van der Waals surface area contributed by atoms with Crippen molar-refractivity contribution < 1.29 is 14.3 Å². The molecule has 3 aromatic carbocycles. The highest BCUT2D eigenvalue weighted by atomic mass is 19.1. The summed E-state index contributed by atoms with van der Waals surface area (Å²) in [5.41, 5.74) is 5.90. The van der Waals surface area contributed by atoms with Gasteiger partial charge in [-0.05, 0) is 77.9 Å². The lowest BCUT2D eigenvalue weighted by Crippen LogP contribution is -2.09. The first-order valence-corrected chi connectivity index (χ1v) is 11.3. The van der Waals surface area contributed by atoms with Crippen LogP contribution in [0.1, 0.15) is 56.7 Å². The van der Waals surface area contributed by atoms with Gasteiger partial charge in [0.1, 0.15) is 11.9 Å². The fourth-order valence-corrected chi connectivity index (χ4v) is 4.43. The highest BCUT2D eigenvalue weighted by Gasteiger charge is 2.24. The van der Waals surface area contributed by atoms with Gasteiger partial charge in [0.2, 0.25) is 0 Å². The van der Waals surface area contributed by atoms with Crippen molar-refractivity contribution in [3.8, 4) is 11.1 Å². The molecule has 0 aliphatic carbocycles. The minimum absolute atomic E-state index is 0.0933. The van der Waals surface area contributed by atoms with Gasteiger partial charge in [0.25, 0.3) is 0 Å². The first kappa shape index (κ1) is 24.0. The standard InChI is InChI=1S/C29H25FN2O3/c1-18-5-3-4-6-24(18)25(17-28(32-35)23-13-14-31-19(2)15-23)21-9-7-20(8-10-21)22-11-12-27(30)26(16-22)29(33)34/h3-16,25,28H,17H2,1-2H3,(H,33,34). The molecular weight excluding hydrogens is 443 g/mol. The van der Waals surface area contributed by atoms with Gasteiger partial charge in [-0.1, -0.05) is 59.8 Å². The Balaban J connectivity index is 1.72. The van der Waals surface area contributed by atoms with Crippen molar-refractivity contribution in [3.63, 3.8) is 0 Å². The maximum Gasteiger partial charge on any atom is 0.338 e. The fourth-order valence-electron chi connectivity index (χ4n) is 4.43. The Bertz CT molecular complexity index is 1370. The Hall–Kier alpha value is -4.19. The zero-order valence-electron chi connectivity index (χ0n) is 19.5. The number of carboxylic acid groups (broad SMARTS) is 1. The normalized spacial score (nSPS) is 12.7. The summed E-state index contributed by atoms with van der Waals surface area (Å²) in [5, 5.41) is 12.7. The zero-order valence-corrected chi connectivity index (χ0v) is 19.5. The molecule has 35 heavy (non-hydrogen) atoms. The first-order chi connectivity index (χ1) is 16.9. The van der Waals surface area contributed by atoms with Gasteiger partial charge in [-0.15, -0.1) is 0 Å². The number of carbonyl (C=O) groups is 1. The van der Waals surface area contributed by atoms with E-state index in [4.69, 9.17) is 0 Å². The predicted molar refractivity (Wildman–Crippen MR) is 134 cm³/mol. The number of carboxylic acids is 1. The van der Waals surface area contributed by atoms with Gasteiger partial charge in [-0.3, -0.25) is 4.98 Å². The molecule has 4 rings (SSSR count). The largest absolute Gasteiger partial charge is 0.478 e. The molecule has 1 heterocycles. The van der Waals surface area contributed by atoms with Crippen molar-refractivity contribution >= 4 is 5.97 Å². The molecule has 0 saturated heterocycles. The summed E-state index contributed by atoms with van der Waals surface area (Å²) in [7, 11) is 0. The van der Waals surface area contributed by atoms with Crippen LogP contribution in [0.4, 0.5) is 4.39 Å². The smallest absolute Gasteiger partial charge is 0.338 e. The minimum atomic E-state index is -1.31. The Kier molecular flexibility index (Phi) is 7.11. The third-order valence-electron chi connectivity index (χ3n) is 6.30. The van der Waals surface area contributed by atoms with Crippen molar-refractivity contribution in [2.75, 3.05) is 0 Å². The molecule has 2 unspecified atom stereocenters. The van der Waals surface area contributed by atoms with Crippen LogP contribution < -0.4 is 0 Å². The van der Waals surface area contributed by atoms with E-state index in [0.29, 0.717) is 12.0 Å². The number of aromatic carboxylic acids is 1. The van der Waals surface area contributed by atoms with Crippen LogP contribution in [-0.4, -0.2) is 16.1 Å². The lowest BCUT2D eigenvalue weighted by molar-refractivity contribution is 0.0692. The highest BCUT2D eigenvalue weighted by molar-refractivity contribution is 5.89. The van der Waals surface area contributed by atoms with E-state index in [1.165, 1.54) is 12.1 Å². The molecule has 0 radical (unpaired) electrons. The van der Waals surface area contributed by atoms with Crippen LogP contribution in [0, 0.1) is 24.6 Å². The molecule has 176 valence electrons. The van der Waals surface area contributed by atoms with Gasteiger partial charge >= 0.3 is 5.97 Å². The molecule has 0 bridgehead atoms. The summed E-state index contributed by atoms with van der Waals surface area (Å²) in [6.45, 7) is 3.93. The van der Waals surface area contributed by atoms with E-state index in [2.05, 4.69) is 16.2 Å². The van der Waals surface area contributed by atoms with Gasteiger partial charge in [0.05, 0.1) is 5.56 Å². The molecule has 1 aromatic heterocycles. The van der Waals surface area contributed by atoms with Crippen LogP contribution in [0.25, 0.3) is 11.1 Å². The molecule has 0 aliphatic heterocycles. The second-order valence-electron chi connectivity index (χ2n) is 8.62. The van der Waals surface area contributed by atoms with Crippen LogP contribution in [0.5, 0.6) is 0 Å². The monoisotopic (exact) mass is 468 g/mol. The zero-order chi connectivity index (χ0) is 24.9. The lowest BCUT2D eigenvalue weighted by Gasteiger charge is -2.23. The van der Waals surface area contributed by atoms with Crippen LogP contribution in [0.3, 0.4) is 0 Å². The average Bonchev–Trinajstić information content (AvgIpc) is 2.86. The molecule has 5 nitrogen and oxygen atoms in total. The van der Waals surface area contributed by atoms with Crippen molar-refractivity contribution in [2.24, 2.45) is 5.18 Å². The number of halogens is 1. The second-order valence-corrected chi connectivity index (χ2v) is 8.62. The number of hydrogen-bond acceptors (Lipinski definition) is 4. The molecule has 0 aliphatic rings. The van der Waals surface area contributed by atoms with Gasteiger partial charge in [-0.25, -0.2) is 9.18 Å². The van der Waals surface area contributed by atoms with Crippen molar-refractivity contribution in [1.29, 1.82) is 0 Å². The topological polar surface area (TPSA) is 79.6 Å². The van der Waals surface area contributed by atoms with Crippen LogP contribution in [-0.2, 0) is 0 Å². The molecule has 2 atom stereocenters. The molecule has 1 N–H and O–H groups in total. The van der Waals surface area contributed by atoms with Crippen LogP contribution in [0.2, 0.25) is 0 Å². The minimum Gasteiger partial charge on any atom is -0.478 e. The molecular formula is C29H25FN2O3. The first-order valence-electron chi connectivity index (χ1n) is 11.3. The second kappa shape index (κ2) is 10.4. The summed E-state index contributed by atoms with van der Waals surface area (Å²) in [4.78, 5) is 27.5. The summed E-state index contributed by atoms with van der Waals surface area (Å²) >= 11 is 0. The highest BCUT2D eigenvalue weighted by Crippen LogP contribution is 2.38. The summed E-state index contributed by atoms with van der Waals surface area (Å²) in [5.74, 6) is -2.17. The number of pyridine rings is 1. The Labute approximate surface area is 203 Å². The Morgan fingerprint density at radius 3 is 2.31 bits per heavy atom. The maximum atomic E-state index is 13.8. The number of hydrogen-bond donors (Lipinski definition) is 1. The van der Waals surface area contributed by atoms with Crippen LogP contribution in [0.15, 0.2) is 90.2 Å². The number of benzene rings is 3. The molecule has 0 saturated carbocycles. The van der Waals surface area contributed by atoms with Gasteiger partial charge in [0.15, 0.2) is 0 Å². The number of aryl methyl sites for hydroxylation is 2. The van der Waals surface area contributed by atoms with Gasteiger partial charge < -0.3 is 5.11 Å². The van der Waals surface area contributed by atoms with Crippen LogP contribution >= 0.6 is 0 Å². The fraction of sp³-hybridized carbons (Fsp3) is 0.172.